The summed E-state index contributed by atoms with van der Waals surface area (Å²) >= 11 is 0. The van der Waals surface area contributed by atoms with Gasteiger partial charge in [0.25, 0.3) is 0 Å². The first-order chi connectivity index (χ1) is 10.6. The lowest BCUT2D eigenvalue weighted by atomic mass is 10.1. The van der Waals surface area contributed by atoms with E-state index in [1.807, 2.05) is 0 Å². The lowest BCUT2D eigenvalue weighted by Crippen LogP contribution is -2.29. The maximum absolute atomic E-state index is 5.86. The van der Waals surface area contributed by atoms with Crippen molar-refractivity contribution in [2.75, 3.05) is 33.5 Å². The molecule has 0 heterocycles. The Morgan fingerprint density at radius 1 is 0.682 bits per heavy atom. The molecular formula is C18H40O3Si. The van der Waals surface area contributed by atoms with E-state index in [9.17, 15) is 0 Å². The van der Waals surface area contributed by atoms with Crippen LogP contribution in [0.25, 0.3) is 0 Å². The van der Waals surface area contributed by atoms with E-state index < -0.39 is 8.32 Å². The van der Waals surface area contributed by atoms with Gasteiger partial charge < -0.3 is 13.9 Å². The molecule has 0 amide bonds. The maximum atomic E-state index is 5.86. The van der Waals surface area contributed by atoms with E-state index in [1.54, 1.807) is 7.11 Å². The lowest BCUT2D eigenvalue weighted by Gasteiger charge is -2.21. The molecule has 0 aromatic carbocycles. The fourth-order valence-corrected chi connectivity index (χ4v) is 4.73. The molecule has 0 atom stereocenters. The summed E-state index contributed by atoms with van der Waals surface area (Å²) in [5.74, 6) is 0. The third-order valence-electron chi connectivity index (χ3n) is 4.03. The van der Waals surface area contributed by atoms with E-state index in [1.165, 1.54) is 63.8 Å². The predicted molar refractivity (Wildman–Crippen MR) is 98.2 cm³/mol. The molecule has 0 aliphatic carbocycles. The second-order valence-electron chi connectivity index (χ2n) is 6.73. The van der Waals surface area contributed by atoms with Crippen LogP contribution >= 0.6 is 0 Å². The highest BCUT2D eigenvalue weighted by atomic mass is 28.4. The second kappa shape index (κ2) is 16.0. The summed E-state index contributed by atoms with van der Waals surface area (Å²) in [5.41, 5.74) is 0. The molecule has 0 aromatic heterocycles. The molecule has 0 N–H and O–H groups in total. The van der Waals surface area contributed by atoms with Crippen molar-refractivity contribution in [1.82, 2.24) is 0 Å². The first kappa shape index (κ1) is 22.1. The minimum Gasteiger partial charge on any atom is -0.418 e. The van der Waals surface area contributed by atoms with Crippen LogP contribution in [0.1, 0.15) is 64.7 Å². The Balaban J connectivity index is 3.11. The Hall–Kier alpha value is 0.0969. The van der Waals surface area contributed by atoms with Crippen LogP contribution in [0.4, 0.5) is 0 Å². The summed E-state index contributed by atoms with van der Waals surface area (Å²) < 4.78 is 16.3. The topological polar surface area (TPSA) is 27.7 Å². The van der Waals surface area contributed by atoms with E-state index in [0.29, 0.717) is 6.61 Å². The summed E-state index contributed by atoms with van der Waals surface area (Å²) in [5, 5.41) is 0. The SMILES string of the molecule is CCO[Si](C)(C)CCCCCCCCCCCOCCOC. The molecule has 0 aliphatic heterocycles. The van der Waals surface area contributed by atoms with Crippen molar-refractivity contribution in [1.29, 1.82) is 0 Å². The Labute approximate surface area is 140 Å². The average Bonchev–Trinajstić information content (AvgIpc) is 2.47. The number of ether oxygens (including phenoxy) is 2. The summed E-state index contributed by atoms with van der Waals surface area (Å²) in [4.78, 5) is 0. The van der Waals surface area contributed by atoms with Crippen LogP contribution in [0.3, 0.4) is 0 Å². The Morgan fingerprint density at radius 2 is 1.23 bits per heavy atom. The predicted octanol–water partition coefficient (Wildman–Crippen LogP) is 5.40. The minimum absolute atomic E-state index is 0.713. The van der Waals surface area contributed by atoms with Crippen LogP contribution in [0.15, 0.2) is 0 Å². The number of unbranched alkanes of at least 4 members (excludes halogenated alkanes) is 8. The van der Waals surface area contributed by atoms with Crippen molar-refractivity contribution in [3.05, 3.63) is 0 Å². The highest BCUT2D eigenvalue weighted by Gasteiger charge is 2.20. The zero-order valence-electron chi connectivity index (χ0n) is 15.6. The van der Waals surface area contributed by atoms with Crippen molar-refractivity contribution in [3.8, 4) is 0 Å². The van der Waals surface area contributed by atoms with Crippen molar-refractivity contribution >= 4 is 8.32 Å². The monoisotopic (exact) mass is 332 g/mol. The molecule has 134 valence electrons. The third kappa shape index (κ3) is 16.5. The molecule has 0 saturated carbocycles. The van der Waals surface area contributed by atoms with E-state index in [0.717, 1.165) is 19.8 Å². The molecule has 0 saturated heterocycles. The molecule has 0 radical (unpaired) electrons. The quantitative estimate of drug-likeness (QED) is 0.263. The summed E-state index contributed by atoms with van der Waals surface area (Å²) in [6.45, 7) is 10.0. The van der Waals surface area contributed by atoms with Crippen LogP contribution in [-0.2, 0) is 13.9 Å². The van der Waals surface area contributed by atoms with Crippen molar-refractivity contribution < 1.29 is 13.9 Å². The minimum atomic E-state index is -1.33. The maximum Gasteiger partial charge on any atom is 0.186 e. The van der Waals surface area contributed by atoms with Gasteiger partial charge in [-0.05, 0) is 32.5 Å². The molecule has 0 spiro atoms. The average molecular weight is 333 g/mol. The fourth-order valence-electron chi connectivity index (χ4n) is 2.70. The first-order valence-corrected chi connectivity index (χ1v) is 12.4. The third-order valence-corrected chi connectivity index (χ3v) is 6.66. The molecule has 3 nitrogen and oxygen atoms in total. The van der Waals surface area contributed by atoms with Crippen LogP contribution in [0.5, 0.6) is 0 Å². The summed E-state index contributed by atoms with van der Waals surface area (Å²) in [7, 11) is 0.388. The van der Waals surface area contributed by atoms with Crippen molar-refractivity contribution in [2.24, 2.45) is 0 Å². The zero-order valence-corrected chi connectivity index (χ0v) is 16.6. The van der Waals surface area contributed by atoms with E-state index >= 15 is 0 Å². The first-order valence-electron chi connectivity index (χ1n) is 9.33. The molecule has 0 aliphatic rings. The summed E-state index contributed by atoms with van der Waals surface area (Å²) in [6.07, 6.45) is 12.2. The van der Waals surface area contributed by atoms with Gasteiger partial charge in [-0.3, -0.25) is 0 Å². The van der Waals surface area contributed by atoms with Gasteiger partial charge in [0.15, 0.2) is 8.32 Å². The number of rotatable bonds is 17. The molecular weight excluding hydrogens is 292 g/mol. The fraction of sp³-hybridized carbons (Fsp3) is 1.00. The number of hydrogen-bond donors (Lipinski definition) is 0. The van der Waals surface area contributed by atoms with E-state index in [-0.39, 0.29) is 0 Å². The molecule has 0 unspecified atom stereocenters. The van der Waals surface area contributed by atoms with Crippen molar-refractivity contribution in [3.63, 3.8) is 0 Å². The van der Waals surface area contributed by atoms with Crippen molar-refractivity contribution in [2.45, 2.75) is 83.8 Å². The smallest absolute Gasteiger partial charge is 0.186 e. The second-order valence-corrected chi connectivity index (χ2v) is 11.0. The lowest BCUT2D eigenvalue weighted by molar-refractivity contribution is 0.0685. The summed E-state index contributed by atoms with van der Waals surface area (Å²) in [6, 6.07) is 1.32. The van der Waals surface area contributed by atoms with Gasteiger partial charge in [0, 0.05) is 20.3 Å². The Kier molecular flexibility index (Phi) is 16.0. The van der Waals surface area contributed by atoms with Gasteiger partial charge in [0.05, 0.1) is 13.2 Å². The van der Waals surface area contributed by atoms with Gasteiger partial charge in [-0.1, -0.05) is 51.4 Å². The van der Waals surface area contributed by atoms with Gasteiger partial charge in [-0.25, -0.2) is 0 Å². The van der Waals surface area contributed by atoms with Crippen LogP contribution in [0, 0.1) is 0 Å². The molecule has 4 heteroatoms. The number of methoxy groups -OCH3 is 1. The highest BCUT2D eigenvalue weighted by molar-refractivity contribution is 6.71. The Bertz CT molecular complexity index is 222. The van der Waals surface area contributed by atoms with E-state index in [4.69, 9.17) is 13.9 Å². The van der Waals surface area contributed by atoms with Gasteiger partial charge in [-0.2, -0.15) is 0 Å². The zero-order chi connectivity index (χ0) is 16.5. The van der Waals surface area contributed by atoms with E-state index in [2.05, 4.69) is 20.0 Å². The van der Waals surface area contributed by atoms with Crippen LogP contribution in [0.2, 0.25) is 19.1 Å². The standard InChI is InChI=1S/C18H40O3Si/c1-5-21-22(3,4)18-14-12-10-8-6-7-9-11-13-15-20-17-16-19-2/h5-18H2,1-4H3. The molecule has 0 rings (SSSR count). The largest absolute Gasteiger partial charge is 0.418 e. The molecule has 0 aromatic rings. The Morgan fingerprint density at radius 3 is 1.77 bits per heavy atom. The molecule has 22 heavy (non-hydrogen) atoms. The normalized spacial score (nSPS) is 12.0. The van der Waals surface area contributed by atoms with Gasteiger partial charge in [-0.15, -0.1) is 0 Å². The van der Waals surface area contributed by atoms with Gasteiger partial charge in [0.2, 0.25) is 0 Å². The molecule has 0 bridgehead atoms. The van der Waals surface area contributed by atoms with Gasteiger partial charge >= 0.3 is 0 Å². The van der Waals surface area contributed by atoms with Crippen LogP contribution < -0.4 is 0 Å². The van der Waals surface area contributed by atoms with Gasteiger partial charge in [0.1, 0.15) is 0 Å². The molecule has 0 fully saturated rings. The van der Waals surface area contributed by atoms with Crippen LogP contribution in [-0.4, -0.2) is 41.9 Å². The highest BCUT2D eigenvalue weighted by Crippen LogP contribution is 2.17. The number of hydrogen-bond acceptors (Lipinski definition) is 3.